The Balaban J connectivity index is 1.79. The van der Waals surface area contributed by atoms with E-state index >= 15 is 0 Å². The summed E-state index contributed by atoms with van der Waals surface area (Å²) in [5.41, 5.74) is 0. The molecule has 0 spiro atoms. The van der Waals surface area contributed by atoms with Crippen molar-refractivity contribution in [2.24, 2.45) is 17.8 Å². The molecule has 16 heavy (non-hydrogen) atoms. The Labute approximate surface area is 105 Å². The molecule has 0 N–H and O–H groups in total. The van der Waals surface area contributed by atoms with E-state index in [2.05, 4.69) is 19.6 Å². The van der Waals surface area contributed by atoms with Crippen molar-refractivity contribution < 1.29 is 4.43 Å². The minimum absolute atomic E-state index is 0.162. The van der Waals surface area contributed by atoms with E-state index in [1.165, 1.54) is 32.1 Å². The largest absolute Gasteiger partial charge is 0.414 e. The molecule has 4 bridgehead atoms. The van der Waals surface area contributed by atoms with Crippen molar-refractivity contribution in [3.63, 3.8) is 0 Å². The Bertz CT molecular complexity index is 283. The van der Waals surface area contributed by atoms with Gasteiger partial charge < -0.3 is 4.43 Å². The van der Waals surface area contributed by atoms with Crippen LogP contribution in [-0.4, -0.2) is 19.3 Å². The number of alkyl halides is 1. The summed E-state index contributed by atoms with van der Waals surface area (Å²) in [6, 6.07) is 0. The maximum Gasteiger partial charge on any atom is 0.184 e. The van der Waals surface area contributed by atoms with Gasteiger partial charge in [0, 0.05) is 4.87 Å². The van der Waals surface area contributed by atoms with Crippen LogP contribution in [0.4, 0.5) is 0 Å². The highest BCUT2D eigenvalue weighted by Gasteiger charge is 2.55. The van der Waals surface area contributed by atoms with Gasteiger partial charge in [-0.1, -0.05) is 0 Å². The molecule has 0 aliphatic heterocycles. The van der Waals surface area contributed by atoms with Gasteiger partial charge in [0.1, 0.15) is 0 Å². The third-order valence-electron chi connectivity index (χ3n) is 4.60. The van der Waals surface area contributed by atoms with E-state index in [9.17, 15) is 0 Å². The summed E-state index contributed by atoms with van der Waals surface area (Å²) in [6.45, 7) is 6.94. The smallest absolute Gasteiger partial charge is 0.184 e. The standard InChI is InChI=1S/C13H23ClOSi/c1-16(2,3)15-12-10-4-9-5-11(12)8-13(14,6-9)7-10/h9-12H,4-8H2,1-3H3. The van der Waals surface area contributed by atoms with Crippen molar-refractivity contribution in [2.75, 3.05) is 0 Å². The summed E-state index contributed by atoms with van der Waals surface area (Å²) in [5, 5.41) is 0. The summed E-state index contributed by atoms with van der Waals surface area (Å²) in [7, 11) is -1.39. The summed E-state index contributed by atoms with van der Waals surface area (Å²) in [4.78, 5) is 0.162. The fraction of sp³-hybridized carbons (Fsp3) is 1.00. The molecule has 4 saturated carbocycles. The lowest BCUT2D eigenvalue weighted by Crippen LogP contribution is -2.57. The van der Waals surface area contributed by atoms with Crippen molar-refractivity contribution in [1.82, 2.24) is 0 Å². The van der Waals surface area contributed by atoms with E-state index in [0.29, 0.717) is 6.10 Å². The minimum Gasteiger partial charge on any atom is -0.414 e. The first-order valence-electron chi connectivity index (χ1n) is 6.71. The second-order valence-electron chi connectivity index (χ2n) is 7.32. The normalized spacial score (nSPS) is 51.0. The SMILES string of the molecule is C[Si](C)(C)OC1C2CC3CC1CC(Cl)(C3)C2. The molecule has 1 nitrogen and oxygen atoms in total. The van der Waals surface area contributed by atoms with Crippen molar-refractivity contribution in [3.05, 3.63) is 0 Å². The van der Waals surface area contributed by atoms with Crippen LogP contribution in [0.1, 0.15) is 32.1 Å². The molecule has 0 amide bonds. The van der Waals surface area contributed by atoms with E-state index in [1.54, 1.807) is 0 Å². The molecule has 0 aromatic rings. The second-order valence-corrected chi connectivity index (χ2v) is 12.6. The molecule has 4 fully saturated rings. The molecular formula is C13H23ClOSi. The van der Waals surface area contributed by atoms with Gasteiger partial charge in [-0.3, -0.25) is 0 Å². The Hall–Kier alpha value is 0.467. The molecule has 2 unspecified atom stereocenters. The summed E-state index contributed by atoms with van der Waals surface area (Å²) >= 11 is 6.72. The van der Waals surface area contributed by atoms with Gasteiger partial charge >= 0.3 is 0 Å². The average Bonchev–Trinajstić information content (AvgIpc) is 2.06. The van der Waals surface area contributed by atoms with Crippen LogP contribution in [0.5, 0.6) is 0 Å². The third-order valence-corrected chi connectivity index (χ3v) is 6.04. The van der Waals surface area contributed by atoms with E-state index in [0.717, 1.165) is 17.8 Å². The zero-order valence-electron chi connectivity index (χ0n) is 10.6. The van der Waals surface area contributed by atoms with Crippen LogP contribution < -0.4 is 0 Å². The zero-order valence-corrected chi connectivity index (χ0v) is 12.4. The highest BCUT2D eigenvalue weighted by atomic mass is 35.5. The minimum atomic E-state index is -1.39. The lowest BCUT2D eigenvalue weighted by atomic mass is 9.54. The molecule has 3 heteroatoms. The highest BCUT2D eigenvalue weighted by Crippen LogP contribution is 2.59. The van der Waals surface area contributed by atoms with Crippen molar-refractivity contribution >= 4 is 19.9 Å². The molecule has 4 aliphatic rings. The zero-order chi connectivity index (χ0) is 11.6. The van der Waals surface area contributed by atoms with Crippen molar-refractivity contribution in [2.45, 2.75) is 62.7 Å². The van der Waals surface area contributed by atoms with Crippen LogP contribution in [-0.2, 0) is 4.43 Å². The van der Waals surface area contributed by atoms with Gasteiger partial charge in [0.05, 0.1) is 6.10 Å². The summed E-state index contributed by atoms with van der Waals surface area (Å²) in [5.74, 6) is 2.46. The average molecular weight is 259 g/mol. The summed E-state index contributed by atoms with van der Waals surface area (Å²) in [6.07, 6.45) is 7.05. The first kappa shape index (κ1) is 11.6. The predicted octanol–water partition coefficient (Wildman–Crippen LogP) is 4.02. The lowest BCUT2D eigenvalue weighted by Gasteiger charge is -2.58. The van der Waals surface area contributed by atoms with Crippen LogP contribution in [0.25, 0.3) is 0 Å². The Morgan fingerprint density at radius 1 is 1.06 bits per heavy atom. The highest BCUT2D eigenvalue weighted by molar-refractivity contribution is 6.69. The van der Waals surface area contributed by atoms with Gasteiger partial charge in [0.2, 0.25) is 0 Å². The van der Waals surface area contributed by atoms with Gasteiger partial charge in [-0.05, 0) is 69.5 Å². The monoisotopic (exact) mass is 258 g/mol. The predicted molar refractivity (Wildman–Crippen MR) is 70.4 cm³/mol. The van der Waals surface area contributed by atoms with E-state index in [4.69, 9.17) is 16.0 Å². The van der Waals surface area contributed by atoms with Crippen LogP contribution in [0.2, 0.25) is 19.6 Å². The number of hydrogen-bond donors (Lipinski definition) is 0. The number of hydrogen-bond acceptors (Lipinski definition) is 1. The first-order chi connectivity index (χ1) is 7.35. The van der Waals surface area contributed by atoms with Crippen LogP contribution in [0.3, 0.4) is 0 Å². The molecule has 0 saturated heterocycles. The maximum atomic E-state index is 6.72. The maximum absolute atomic E-state index is 6.72. The van der Waals surface area contributed by atoms with Crippen molar-refractivity contribution in [3.8, 4) is 0 Å². The molecule has 0 radical (unpaired) electrons. The van der Waals surface area contributed by atoms with Gasteiger partial charge in [0.25, 0.3) is 0 Å². The van der Waals surface area contributed by atoms with Gasteiger partial charge in [-0.2, -0.15) is 0 Å². The molecular weight excluding hydrogens is 236 g/mol. The quantitative estimate of drug-likeness (QED) is 0.537. The number of halogens is 1. The van der Waals surface area contributed by atoms with E-state index < -0.39 is 8.32 Å². The summed E-state index contributed by atoms with van der Waals surface area (Å²) < 4.78 is 6.44. The van der Waals surface area contributed by atoms with Gasteiger partial charge in [-0.15, -0.1) is 11.6 Å². The van der Waals surface area contributed by atoms with Crippen LogP contribution in [0.15, 0.2) is 0 Å². The van der Waals surface area contributed by atoms with Gasteiger partial charge in [-0.25, -0.2) is 0 Å². The molecule has 92 valence electrons. The second kappa shape index (κ2) is 3.49. The molecule has 0 aromatic carbocycles. The number of rotatable bonds is 2. The van der Waals surface area contributed by atoms with Gasteiger partial charge in [0.15, 0.2) is 8.32 Å². The van der Waals surface area contributed by atoms with Crippen LogP contribution in [0, 0.1) is 17.8 Å². The fourth-order valence-corrected chi connectivity index (χ4v) is 6.30. The van der Waals surface area contributed by atoms with E-state index in [-0.39, 0.29) is 4.87 Å². The molecule has 4 aliphatic carbocycles. The Morgan fingerprint density at radius 2 is 1.62 bits per heavy atom. The van der Waals surface area contributed by atoms with E-state index in [1.807, 2.05) is 0 Å². The fourth-order valence-electron chi connectivity index (χ4n) is 4.48. The first-order valence-corrected chi connectivity index (χ1v) is 10.5. The van der Waals surface area contributed by atoms with Crippen molar-refractivity contribution in [1.29, 1.82) is 0 Å². The molecule has 4 rings (SSSR count). The Morgan fingerprint density at radius 3 is 2.06 bits per heavy atom. The third kappa shape index (κ3) is 1.97. The van der Waals surface area contributed by atoms with Crippen LogP contribution >= 0.6 is 11.6 Å². The molecule has 2 atom stereocenters. The Kier molecular flexibility index (Phi) is 2.52. The molecule has 0 aromatic heterocycles. The lowest BCUT2D eigenvalue weighted by molar-refractivity contribution is -0.0736. The topological polar surface area (TPSA) is 9.23 Å². The molecule has 0 heterocycles.